The fraction of sp³-hybridized carbons (Fsp3) is 0.636. The molecule has 0 unspecified atom stereocenters. The second-order valence-electron chi connectivity index (χ2n) is 4.49. The topological polar surface area (TPSA) is 57.8 Å². The van der Waals surface area contributed by atoms with Crippen molar-refractivity contribution < 1.29 is 0 Å². The molecule has 0 spiro atoms. The van der Waals surface area contributed by atoms with Crippen molar-refractivity contribution in [3.63, 3.8) is 0 Å². The van der Waals surface area contributed by atoms with Gasteiger partial charge in [-0.2, -0.15) is 0 Å². The molecule has 1 heterocycles. The van der Waals surface area contributed by atoms with Crippen LogP contribution in [0.4, 0.5) is 5.82 Å². The van der Waals surface area contributed by atoms with Gasteiger partial charge in [0.05, 0.1) is 11.9 Å². The lowest BCUT2D eigenvalue weighted by Crippen LogP contribution is -2.42. The maximum absolute atomic E-state index is 11.5. The van der Waals surface area contributed by atoms with Crippen molar-refractivity contribution >= 4 is 33.3 Å². The van der Waals surface area contributed by atoms with Gasteiger partial charge < -0.3 is 10.3 Å². The molecular weight excluding hydrogens is 305 g/mol. The molecule has 1 aliphatic rings. The number of aromatic nitrogens is 2. The first-order valence-corrected chi connectivity index (χ1v) is 7.07. The Kier molecular flexibility index (Phi) is 4.09. The van der Waals surface area contributed by atoms with E-state index in [-0.39, 0.29) is 11.1 Å². The van der Waals surface area contributed by atoms with Crippen LogP contribution in [0.5, 0.6) is 0 Å². The van der Waals surface area contributed by atoms with E-state index in [1.165, 1.54) is 25.6 Å². The van der Waals surface area contributed by atoms with Crippen LogP contribution in [0.1, 0.15) is 32.1 Å². The van der Waals surface area contributed by atoms with Crippen molar-refractivity contribution in [3.05, 3.63) is 21.2 Å². The molecule has 0 bridgehead atoms. The maximum atomic E-state index is 11.5. The number of aromatic amines is 1. The van der Waals surface area contributed by atoms with Crippen LogP contribution in [0.15, 0.2) is 15.6 Å². The Morgan fingerprint density at radius 2 is 2.18 bits per heavy atom. The van der Waals surface area contributed by atoms with E-state index >= 15 is 0 Å². The molecule has 0 amide bonds. The van der Waals surface area contributed by atoms with E-state index < -0.39 is 0 Å². The number of anilines is 1. The van der Waals surface area contributed by atoms with E-state index in [1.54, 1.807) is 0 Å². The highest BCUT2D eigenvalue weighted by atomic mass is 79.9. The van der Waals surface area contributed by atoms with E-state index in [0.29, 0.717) is 16.2 Å². The van der Waals surface area contributed by atoms with Gasteiger partial charge in [-0.15, -0.1) is 11.6 Å². The molecule has 0 aromatic carbocycles. The van der Waals surface area contributed by atoms with Crippen LogP contribution >= 0.6 is 27.5 Å². The molecular formula is C11H15BrClN3O. The lowest BCUT2D eigenvalue weighted by molar-refractivity contribution is 0.352. The van der Waals surface area contributed by atoms with E-state index in [1.807, 2.05) is 0 Å². The zero-order valence-electron chi connectivity index (χ0n) is 9.43. The standard InChI is InChI=1S/C11H15BrClN3O/c12-8-9(14-7-15-10(8)17)16-11(6-13)4-2-1-3-5-11/h7H,1-6H2,(H2,14,15,16,17). The number of halogens is 2. The second-order valence-corrected chi connectivity index (χ2v) is 5.55. The summed E-state index contributed by atoms with van der Waals surface area (Å²) >= 11 is 9.34. The van der Waals surface area contributed by atoms with Crippen molar-refractivity contribution in [2.24, 2.45) is 0 Å². The van der Waals surface area contributed by atoms with Crippen molar-refractivity contribution in [1.29, 1.82) is 0 Å². The molecule has 0 radical (unpaired) electrons. The van der Waals surface area contributed by atoms with Crippen LogP contribution in [0.3, 0.4) is 0 Å². The number of alkyl halides is 1. The summed E-state index contributed by atoms with van der Waals surface area (Å²) in [5.41, 5.74) is -0.300. The van der Waals surface area contributed by atoms with Crippen molar-refractivity contribution in [2.75, 3.05) is 11.2 Å². The zero-order valence-corrected chi connectivity index (χ0v) is 11.8. The minimum Gasteiger partial charge on any atom is -0.362 e. The van der Waals surface area contributed by atoms with Crippen LogP contribution in [0, 0.1) is 0 Å². The van der Waals surface area contributed by atoms with E-state index in [9.17, 15) is 4.79 Å². The highest BCUT2D eigenvalue weighted by Gasteiger charge is 2.32. The van der Waals surface area contributed by atoms with Gasteiger partial charge in [-0.3, -0.25) is 4.79 Å². The quantitative estimate of drug-likeness (QED) is 0.842. The van der Waals surface area contributed by atoms with Crippen LogP contribution in [0.2, 0.25) is 0 Å². The first kappa shape index (κ1) is 12.9. The second kappa shape index (κ2) is 5.40. The zero-order chi connectivity index (χ0) is 12.3. The molecule has 6 heteroatoms. The Bertz CT molecular complexity index is 443. The predicted molar refractivity (Wildman–Crippen MR) is 72.7 cm³/mol. The molecule has 1 aliphatic carbocycles. The summed E-state index contributed by atoms with van der Waals surface area (Å²) in [6, 6.07) is 0. The SMILES string of the molecule is O=c1[nH]cnc(NC2(CCl)CCCCC2)c1Br. The highest BCUT2D eigenvalue weighted by molar-refractivity contribution is 9.10. The van der Waals surface area contributed by atoms with Gasteiger partial charge in [-0.25, -0.2) is 4.98 Å². The lowest BCUT2D eigenvalue weighted by Gasteiger charge is -2.37. The van der Waals surface area contributed by atoms with Crippen LogP contribution in [0.25, 0.3) is 0 Å². The van der Waals surface area contributed by atoms with Crippen LogP contribution in [-0.2, 0) is 0 Å². The highest BCUT2D eigenvalue weighted by Crippen LogP contribution is 2.33. The minimum absolute atomic E-state index is 0.122. The molecule has 2 rings (SSSR count). The summed E-state index contributed by atoms with van der Waals surface area (Å²) in [4.78, 5) is 18.1. The fourth-order valence-corrected chi connectivity index (χ4v) is 2.89. The number of H-pyrrole nitrogens is 1. The first-order chi connectivity index (χ1) is 8.17. The van der Waals surface area contributed by atoms with Gasteiger partial charge in [0.1, 0.15) is 10.3 Å². The van der Waals surface area contributed by atoms with Crippen LogP contribution < -0.4 is 10.9 Å². The third kappa shape index (κ3) is 2.83. The summed E-state index contributed by atoms with van der Waals surface area (Å²) in [6.07, 6.45) is 7.04. The third-order valence-corrected chi connectivity index (χ3v) is 4.49. The third-order valence-electron chi connectivity index (χ3n) is 3.25. The van der Waals surface area contributed by atoms with Gasteiger partial charge in [0.2, 0.25) is 0 Å². The summed E-state index contributed by atoms with van der Waals surface area (Å²) in [7, 11) is 0. The number of nitrogens with zero attached hydrogens (tertiary/aromatic N) is 1. The largest absolute Gasteiger partial charge is 0.362 e. The molecule has 1 saturated carbocycles. The van der Waals surface area contributed by atoms with Gasteiger partial charge in [0.15, 0.2) is 0 Å². The Hall–Kier alpha value is -0.550. The van der Waals surface area contributed by atoms with Gasteiger partial charge in [0.25, 0.3) is 5.56 Å². The average Bonchev–Trinajstić information content (AvgIpc) is 2.36. The predicted octanol–water partition coefficient (Wildman–Crippen LogP) is 2.89. The van der Waals surface area contributed by atoms with Gasteiger partial charge in [0, 0.05) is 5.88 Å². The van der Waals surface area contributed by atoms with E-state index in [0.717, 1.165) is 12.8 Å². The van der Waals surface area contributed by atoms with Gasteiger partial charge >= 0.3 is 0 Å². The van der Waals surface area contributed by atoms with Crippen molar-refractivity contribution in [1.82, 2.24) is 9.97 Å². The van der Waals surface area contributed by atoms with Crippen molar-refractivity contribution in [3.8, 4) is 0 Å². The Balaban J connectivity index is 2.23. The van der Waals surface area contributed by atoms with Gasteiger partial charge in [-0.05, 0) is 28.8 Å². The molecule has 0 atom stereocenters. The Morgan fingerprint density at radius 1 is 1.47 bits per heavy atom. The molecule has 1 aromatic heterocycles. The molecule has 4 nitrogen and oxygen atoms in total. The van der Waals surface area contributed by atoms with E-state index in [4.69, 9.17) is 11.6 Å². The van der Waals surface area contributed by atoms with E-state index in [2.05, 4.69) is 31.2 Å². The molecule has 94 valence electrons. The smallest absolute Gasteiger partial charge is 0.267 e. The molecule has 1 fully saturated rings. The monoisotopic (exact) mass is 319 g/mol. The lowest BCUT2D eigenvalue weighted by atomic mass is 9.83. The fourth-order valence-electron chi connectivity index (χ4n) is 2.24. The van der Waals surface area contributed by atoms with Crippen LogP contribution in [-0.4, -0.2) is 21.4 Å². The molecule has 0 aliphatic heterocycles. The summed E-state index contributed by atoms with van der Waals surface area (Å²) in [5.74, 6) is 1.12. The number of rotatable bonds is 3. The maximum Gasteiger partial charge on any atom is 0.267 e. The first-order valence-electron chi connectivity index (χ1n) is 5.74. The Labute approximate surface area is 113 Å². The molecule has 1 aromatic rings. The van der Waals surface area contributed by atoms with Crippen molar-refractivity contribution in [2.45, 2.75) is 37.6 Å². The normalized spacial score (nSPS) is 18.9. The summed E-state index contributed by atoms with van der Waals surface area (Å²) in [6.45, 7) is 0. The average molecular weight is 321 g/mol. The number of nitrogens with one attached hydrogen (secondary N) is 2. The summed E-state index contributed by atoms with van der Waals surface area (Å²) < 4.78 is 0.440. The molecule has 2 N–H and O–H groups in total. The molecule has 0 saturated heterocycles. The Morgan fingerprint density at radius 3 is 2.82 bits per heavy atom. The summed E-state index contributed by atoms with van der Waals surface area (Å²) in [5, 5.41) is 3.34. The number of hydrogen-bond acceptors (Lipinski definition) is 3. The van der Waals surface area contributed by atoms with Gasteiger partial charge in [-0.1, -0.05) is 19.3 Å². The molecule has 17 heavy (non-hydrogen) atoms. The number of hydrogen-bond donors (Lipinski definition) is 2. The minimum atomic E-state index is -0.178.